The van der Waals surface area contributed by atoms with E-state index in [4.69, 9.17) is 0 Å². The Balaban J connectivity index is 2.05. The summed E-state index contributed by atoms with van der Waals surface area (Å²) in [6.45, 7) is 8.30. The molecule has 0 atom stereocenters. The van der Waals surface area contributed by atoms with E-state index in [-0.39, 0.29) is 5.91 Å². The molecule has 0 aliphatic heterocycles. The lowest BCUT2D eigenvalue weighted by atomic mass is 10.1. The van der Waals surface area contributed by atoms with Crippen molar-refractivity contribution in [2.75, 3.05) is 23.3 Å². The van der Waals surface area contributed by atoms with Gasteiger partial charge in [0.2, 0.25) is 0 Å². The molecule has 1 amide bonds. The Kier molecular flexibility index (Phi) is 5.59. The summed E-state index contributed by atoms with van der Waals surface area (Å²) in [4.78, 5) is 14.5. The third-order valence-electron chi connectivity index (χ3n) is 3.88. The van der Waals surface area contributed by atoms with Crippen LogP contribution in [-0.2, 0) is 6.42 Å². The van der Waals surface area contributed by atoms with E-state index in [9.17, 15) is 4.79 Å². The number of nitrogens with one attached hydrogen (secondary N) is 1. The molecule has 0 saturated heterocycles. The van der Waals surface area contributed by atoms with Gasteiger partial charge in [-0.1, -0.05) is 19.1 Å². The summed E-state index contributed by atoms with van der Waals surface area (Å²) >= 11 is 0. The molecule has 0 unspecified atom stereocenters. The van der Waals surface area contributed by atoms with Gasteiger partial charge in [0.05, 0.1) is 0 Å². The quantitative estimate of drug-likeness (QED) is 0.859. The maximum atomic E-state index is 12.3. The molecule has 0 spiro atoms. The van der Waals surface area contributed by atoms with Crippen molar-refractivity contribution < 1.29 is 4.79 Å². The van der Waals surface area contributed by atoms with E-state index in [1.165, 1.54) is 5.56 Å². The van der Waals surface area contributed by atoms with Gasteiger partial charge in [0.25, 0.3) is 5.91 Å². The molecule has 1 N–H and O–H groups in total. The highest BCUT2D eigenvalue weighted by Crippen LogP contribution is 2.16. The fourth-order valence-electron chi connectivity index (χ4n) is 2.44. The SMILES string of the molecule is CCc1ccc(NC(=O)c2ccc(N(CC)CC)cc2)cc1. The smallest absolute Gasteiger partial charge is 0.255 e. The largest absolute Gasteiger partial charge is 0.372 e. The van der Waals surface area contributed by atoms with Crippen molar-refractivity contribution in [3.05, 3.63) is 59.7 Å². The molecule has 2 aromatic carbocycles. The Hall–Kier alpha value is -2.29. The fraction of sp³-hybridized carbons (Fsp3) is 0.316. The number of carbonyl (C=O) groups is 1. The Labute approximate surface area is 133 Å². The number of carbonyl (C=O) groups excluding carboxylic acids is 1. The predicted molar refractivity (Wildman–Crippen MR) is 93.8 cm³/mol. The summed E-state index contributed by atoms with van der Waals surface area (Å²) in [7, 11) is 0. The molecule has 0 heterocycles. The minimum atomic E-state index is -0.0738. The van der Waals surface area contributed by atoms with Crippen LogP contribution in [0.1, 0.15) is 36.7 Å². The van der Waals surface area contributed by atoms with Crippen LogP contribution in [0.3, 0.4) is 0 Å². The first-order chi connectivity index (χ1) is 10.7. The third kappa shape index (κ3) is 3.88. The van der Waals surface area contributed by atoms with Crippen LogP contribution in [0.15, 0.2) is 48.5 Å². The van der Waals surface area contributed by atoms with Crippen molar-refractivity contribution in [1.29, 1.82) is 0 Å². The van der Waals surface area contributed by atoms with Gasteiger partial charge in [-0.3, -0.25) is 4.79 Å². The van der Waals surface area contributed by atoms with E-state index in [2.05, 4.69) is 31.0 Å². The van der Waals surface area contributed by atoms with Gasteiger partial charge in [-0.15, -0.1) is 0 Å². The van der Waals surface area contributed by atoms with Gasteiger partial charge in [-0.25, -0.2) is 0 Å². The second kappa shape index (κ2) is 7.64. The van der Waals surface area contributed by atoms with Crippen LogP contribution in [-0.4, -0.2) is 19.0 Å². The lowest BCUT2D eigenvalue weighted by Crippen LogP contribution is -2.21. The van der Waals surface area contributed by atoms with Gasteiger partial charge in [0, 0.05) is 30.0 Å². The van der Waals surface area contributed by atoms with Crippen LogP contribution in [0.5, 0.6) is 0 Å². The number of aryl methyl sites for hydroxylation is 1. The standard InChI is InChI=1S/C19H24N2O/c1-4-15-7-11-17(12-8-15)20-19(22)16-9-13-18(14-10-16)21(5-2)6-3/h7-14H,4-6H2,1-3H3,(H,20,22). The van der Waals surface area contributed by atoms with Gasteiger partial charge in [-0.2, -0.15) is 0 Å². The van der Waals surface area contributed by atoms with Gasteiger partial charge >= 0.3 is 0 Å². The molecule has 2 aromatic rings. The summed E-state index contributed by atoms with van der Waals surface area (Å²) in [6, 6.07) is 15.7. The zero-order chi connectivity index (χ0) is 15.9. The fourth-order valence-corrected chi connectivity index (χ4v) is 2.44. The monoisotopic (exact) mass is 296 g/mol. The lowest BCUT2D eigenvalue weighted by molar-refractivity contribution is 0.102. The number of anilines is 2. The molecular formula is C19H24N2O. The highest BCUT2D eigenvalue weighted by molar-refractivity contribution is 6.04. The summed E-state index contributed by atoms with van der Waals surface area (Å²) in [5.41, 5.74) is 3.92. The van der Waals surface area contributed by atoms with Crippen LogP contribution >= 0.6 is 0 Å². The van der Waals surface area contributed by atoms with E-state index in [1.54, 1.807) is 0 Å². The normalized spacial score (nSPS) is 10.3. The third-order valence-corrected chi connectivity index (χ3v) is 3.88. The van der Waals surface area contributed by atoms with Crippen LogP contribution in [0.25, 0.3) is 0 Å². The van der Waals surface area contributed by atoms with Gasteiger partial charge in [-0.05, 0) is 62.2 Å². The van der Waals surface area contributed by atoms with Gasteiger partial charge in [0.1, 0.15) is 0 Å². The number of rotatable bonds is 6. The number of hydrogen-bond acceptors (Lipinski definition) is 2. The topological polar surface area (TPSA) is 32.3 Å². The maximum absolute atomic E-state index is 12.3. The minimum Gasteiger partial charge on any atom is -0.372 e. The Morgan fingerprint density at radius 1 is 0.909 bits per heavy atom. The van der Waals surface area contributed by atoms with Crippen molar-refractivity contribution in [1.82, 2.24) is 0 Å². The molecule has 0 aliphatic carbocycles. The average molecular weight is 296 g/mol. The van der Waals surface area contributed by atoms with E-state index in [0.717, 1.165) is 30.9 Å². The van der Waals surface area contributed by atoms with Crippen molar-refractivity contribution in [3.8, 4) is 0 Å². The molecule has 0 aliphatic rings. The average Bonchev–Trinajstić information content (AvgIpc) is 2.57. The molecule has 116 valence electrons. The Morgan fingerprint density at radius 3 is 2.00 bits per heavy atom. The van der Waals surface area contributed by atoms with Crippen molar-refractivity contribution >= 4 is 17.3 Å². The summed E-state index contributed by atoms with van der Waals surface area (Å²) in [6.07, 6.45) is 1.00. The van der Waals surface area contributed by atoms with Crippen molar-refractivity contribution in [3.63, 3.8) is 0 Å². The first-order valence-corrected chi connectivity index (χ1v) is 7.93. The molecule has 0 fully saturated rings. The molecule has 2 rings (SSSR count). The van der Waals surface area contributed by atoms with E-state index < -0.39 is 0 Å². The van der Waals surface area contributed by atoms with Crippen LogP contribution in [0, 0.1) is 0 Å². The second-order valence-electron chi connectivity index (χ2n) is 5.22. The molecule has 0 saturated carbocycles. The van der Waals surface area contributed by atoms with Gasteiger partial charge in [0.15, 0.2) is 0 Å². The summed E-state index contributed by atoms with van der Waals surface area (Å²) in [5, 5.41) is 2.93. The first kappa shape index (κ1) is 16.1. The van der Waals surface area contributed by atoms with E-state index >= 15 is 0 Å². The maximum Gasteiger partial charge on any atom is 0.255 e. The van der Waals surface area contributed by atoms with Crippen molar-refractivity contribution in [2.24, 2.45) is 0 Å². The summed E-state index contributed by atoms with van der Waals surface area (Å²) < 4.78 is 0. The number of hydrogen-bond donors (Lipinski definition) is 1. The molecule has 22 heavy (non-hydrogen) atoms. The van der Waals surface area contributed by atoms with Crippen LogP contribution < -0.4 is 10.2 Å². The Morgan fingerprint density at radius 2 is 1.50 bits per heavy atom. The molecule has 3 heteroatoms. The van der Waals surface area contributed by atoms with Crippen LogP contribution in [0.4, 0.5) is 11.4 Å². The van der Waals surface area contributed by atoms with E-state index in [1.807, 2.05) is 48.5 Å². The Bertz CT molecular complexity index is 598. The second-order valence-corrected chi connectivity index (χ2v) is 5.22. The highest BCUT2D eigenvalue weighted by Gasteiger charge is 2.07. The zero-order valence-corrected chi connectivity index (χ0v) is 13.6. The molecular weight excluding hydrogens is 272 g/mol. The highest BCUT2D eigenvalue weighted by atomic mass is 16.1. The van der Waals surface area contributed by atoms with Gasteiger partial charge < -0.3 is 10.2 Å². The molecule has 3 nitrogen and oxygen atoms in total. The number of amides is 1. The minimum absolute atomic E-state index is 0.0738. The summed E-state index contributed by atoms with van der Waals surface area (Å²) in [5.74, 6) is -0.0738. The molecule has 0 bridgehead atoms. The molecule has 0 radical (unpaired) electrons. The van der Waals surface area contributed by atoms with Crippen LogP contribution in [0.2, 0.25) is 0 Å². The molecule has 0 aromatic heterocycles. The number of nitrogens with zero attached hydrogens (tertiary/aromatic N) is 1. The zero-order valence-electron chi connectivity index (χ0n) is 13.6. The first-order valence-electron chi connectivity index (χ1n) is 7.93. The van der Waals surface area contributed by atoms with E-state index in [0.29, 0.717) is 5.56 Å². The number of benzene rings is 2. The predicted octanol–water partition coefficient (Wildman–Crippen LogP) is 4.35. The van der Waals surface area contributed by atoms with Crippen molar-refractivity contribution in [2.45, 2.75) is 27.2 Å². The lowest BCUT2D eigenvalue weighted by Gasteiger charge is -2.21.